The number of anilines is 1. The Labute approximate surface area is 182 Å². The van der Waals surface area contributed by atoms with Gasteiger partial charge in [0.2, 0.25) is 5.91 Å². The fourth-order valence-electron chi connectivity index (χ4n) is 5.32. The number of nitrogens with zero attached hydrogens (tertiary/aromatic N) is 6. The molecule has 160 valence electrons. The second-order valence-electron chi connectivity index (χ2n) is 9.23. The number of aromatic nitrogens is 4. The van der Waals surface area contributed by atoms with Gasteiger partial charge in [0.25, 0.3) is 0 Å². The first-order valence-electron chi connectivity index (χ1n) is 11.6. The van der Waals surface area contributed by atoms with E-state index in [1.807, 2.05) is 16.6 Å². The van der Waals surface area contributed by atoms with Crippen molar-refractivity contribution in [3.63, 3.8) is 0 Å². The van der Waals surface area contributed by atoms with Gasteiger partial charge in [-0.25, -0.2) is 14.5 Å². The van der Waals surface area contributed by atoms with E-state index in [9.17, 15) is 4.79 Å². The Morgan fingerprint density at radius 2 is 2.00 bits per heavy atom. The highest BCUT2D eigenvalue weighted by Gasteiger charge is 2.42. The van der Waals surface area contributed by atoms with E-state index in [0.717, 1.165) is 68.4 Å². The highest BCUT2D eigenvalue weighted by Crippen LogP contribution is 2.40. The predicted molar refractivity (Wildman–Crippen MR) is 118 cm³/mol. The number of carbonyl (C=O) groups excluding carboxylic acids is 1. The minimum absolute atomic E-state index is 0.144. The highest BCUT2D eigenvalue weighted by molar-refractivity contribution is 5.82. The first kappa shape index (κ1) is 18.8. The van der Waals surface area contributed by atoms with Crippen LogP contribution in [0, 0.1) is 5.92 Å². The van der Waals surface area contributed by atoms with Crippen LogP contribution in [-0.2, 0) is 11.2 Å². The number of hydrogen-bond acceptors (Lipinski definition) is 5. The van der Waals surface area contributed by atoms with Crippen molar-refractivity contribution in [3.8, 4) is 0 Å². The van der Waals surface area contributed by atoms with Crippen LogP contribution in [0.4, 0.5) is 5.82 Å². The number of carbonyl (C=O) groups is 1. The van der Waals surface area contributed by atoms with Crippen LogP contribution in [0.1, 0.15) is 49.3 Å². The standard InChI is InChI=1S/C24H28N6O/c31-24-18(3-1-4-20-5-2-6-23-26-16-27-30(20)23)13-21-15-28(11-12-29(21)24)22-10-9-19(14-25-22)17-7-8-17/h2,5-6,9-10,14,16-18,21H,1,3-4,7-8,11-13,15H2/t18-,21-/m0/s1. The molecule has 3 aromatic rings. The largest absolute Gasteiger partial charge is 0.353 e. The van der Waals surface area contributed by atoms with Gasteiger partial charge in [0, 0.05) is 37.4 Å². The molecule has 1 saturated carbocycles. The van der Waals surface area contributed by atoms with Crippen LogP contribution in [-0.4, -0.2) is 56.1 Å². The van der Waals surface area contributed by atoms with Crippen LogP contribution in [0.5, 0.6) is 0 Å². The van der Waals surface area contributed by atoms with Crippen LogP contribution < -0.4 is 4.90 Å². The number of amides is 1. The molecule has 6 rings (SSSR count). The molecule has 0 spiro atoms. The van der Waals surface area contributed by atoms with Gasteiger partial charge in [-0.05, 0) is 68.2 Å². The van der Waals surface area contributed by atoms with E-state index in [-0.39, 0.29) is 5.92 Å². The molecule has 3 aromatic heterocycles. The lowest BCUT2D eigenvalue weighted by Gasteiger charge is -2.38. The van der Waals surface area contributed by atoms with Gasteiger partial charge in [-0.15, -0.1) is 0 Å². The van der Waals surface area contributed by atoms with Crippen LogP contribution >= 0.6 is 0 Å². The number of fused-ring (bicyclic) bond motifs is 2. The summed E-state index contributed by atoms with van der Waals surface area (Å²) in [4.78, 5) is 26.5. The fourth-order valence-corrected chi connectivity index (χ4v) is 5.32. The van der Waals surface area contributed by atoms with Crippen molar-refractivity contribution < 1.29 is 4.79 Å². The predicted octanol–water partition coefficient (Wildman–Crippen LogP) is 3.06. The SMILES string of the molecule is O=C1[C@@H](CCCc2cccc3ncnn23)C[C@H]2CN(c3ccc(C4CC4)cn3)CCN12. The second-order valence-corrected chi connectivity index (χ2v) is 9.23. The van der Waals surface area contributed by atoms with Gasteiger partial charge < -0.3 is 9.80 Å². The Balaban J connectivity index is 1.06. The van der Waals surface area contributed by atoms with E-state index in [4.69, 9.17) is 4.98 Å². The monoisotopic (exact) mass is 416 g/mol. The summed E-state index contributed by atoms with van der Waals surface area (Å²) in [6, 6.07) is 10.8. The number of piperazine rings is 1. The zero-order chi connectivity index (χ0) is 20.8. The van der Waals surface area contributed by atoms with Crippen molar-refractivity contribution >= 4 is 17.4 Å². The van der Waals surface area contributed by atoms with Gasteiger partial charge in [-0.1, -0.05) is 12.1 Å². The molecule has 5 heterocycles. The summed E-state index contributed by atoms with van der Waals surface area (Å²) in [5.41, 5.74) is 3.41. The van der Waals surface area contributed by atoms with Crippen LogP contribution in [0.2, 0.25) is 0 Å². The van der Waals surface area contributed by atoms with E-state index in [1.165, 1.54) is 18.4 Å². The Kier molecular flexibility index (Phi) is 4.62. The third kappa shape index (κ3) is 3.56. The van der Waals surface area contributed by atoms with Crippen molar-refractivity contribution in [2.24, 2.45) is 5.92 Å². The maximum atomic E-state index is 13.0. The molecular formula is C24H28N6O. The Hall–Kier alpha value is -2.96. The highest BCUT2D eigenvalue weighted by atomic mass is 16.2. The van der Waals surface area contributed by atoms with Crippen molar-refractivity contribution in [2.45, 2.75) is 50.5 Å². The van der Waals surface area contributed by atoms with Crippen molar-refractivity contribution in [1.82, 2.24) is 24.5 Å². The Morgan fingerprint density at radius 3 is 2.84 bits per heavy atom. The van der Waals surface area contributed by atoms with Crippen LogP contribution in [0.3, 0.4) is 0 Å². The van der Waals surface area contributed by atoms with Crippen LogP contribution in [0.25, 0.3) is 5.65 Å². The zero-order valence-electron chi connectivity index (χ0n) is 17.7. The maximum Gasteiger partial charge on any atom is 0.226 e. The molecule has 0 radical (unpaired) electrons. The molecule has 0 unspecified atom stereocenters. The van der Waals surface area contributed by atoms with Gasteiger partial charge in [0.05, 0.1) is 6.04 Å². The number of aryl methyl sites for hydroxylation is 1. The first-order valence-corrected chi connectivity index (χ1v) is 11.6. The number of rotatable bonds is 6. The average molecular weight is 417 g/mol. The number of pyridine rings is 2. The summed E-state index contributed by atoms with van der Waals surface area (Å²) in [6.45, 7) is 2.58. The minimum atomic E-state index is 0.144. The second kappa shape index (κ2) is 7.62. The van der Waals surface area contributed by atoms with Gasteiger partial charge in [-0.3, -0.25) is 4.79 Å². The summed E-state index contributed by atoms with van der Waals surface area (Å²) in [5, 5.41) is 4.32. The van der Waals surface area contributed by atoms with Gasteiger partial charge >= 0.3 is 0 Å². The lowest BCUT2D eigenvalue weighted by molar-refractivity contribution is -0.132. The normalized spacial score (nSPS) is 23.5. The maximum absolute atomic E-state index is 13.0. The van der Waals surface area contributed by atoms with E-state index >= 15 is 0 Å². The van der Waals surface area contributed by atoms with E-state index in [0.29, 0.717) is 11.9 Å². The molecule has 2 atom stereocenters. The molecular weight excluding hydrogens is 388 g/mol. The molecule has 0 N–H and O–H groups in total. The Morgan fingerprint density at radius 1 is 1.06 bits per heavy atom. The van der Waals surface area contributed by atoms with Crippen molar-refractivity contribution in [1.29, 1.82) is 0 Å². The summed E-state index contributed by atoms with van der Waals surface area (Å²) < 4.78 is 1.90. The molecule has 1 aliphatic carbocycles. The molecule has 1 amide bonds. The molecule has 7 nitrogen and oxygen atoms in total. The molecule has 2 aliphatic heterocycles. The molecule has 2 saturated heterocycles. The molecule has 3 fully saturated rings. The third-order valence-corrected chi connectivity index (χ3v) is 7.18. The summed E-state index contributed by atoms with van der Waals surface area (Å²) in [5.74, 6) is 2.29. The van der Waals surface area contributed by atoms with Gasteiger partial charge in [-0.2, -0.15) is 5.10 Å². The van der Waals surface area contributed by atoms with E-state index in [2.05, 4.69) is 44.3 Å². The molecule has 3 aliphatic rings. The molecule has 7 heteroatoms. The quantitative estimate of drug-likeness (QED) is 0.618. The van der Waals surface area contributed by atoms with Crippen LogP contribution in [0.15, 0.2) is 42.9 Å². The summed E-state index contributed by atoms with van der Waals surface area (Å²) >= 11 is 0. The molecule has 31 heavy (non-hydrogen) atoms. The third-order valence-electron chi connectivity index (χ3n) is 7.18. The van der Waals surface area contributed by atoms with Gasteiger partial charge in [0.15, 0.2) is 5.65 Å². The lowest BCUT2D eigenvalue weighted by Crippen LogP contribution is -2.51. The minimum Gasteiger partial charge on any atom is -0.353 e. The molecule has 0 bridgehead atoms. The summed E-state index contributed by atoms with van der Waals surface area (Å²) in [7, 11) is 0. The van der Waals surface area contributed by atoms with Crippen molar-refractivity contribution in [2.75, 3.05) is 24.5 Å². The zero-order valence-corrected chi connectivity index (χ0v) is 17.7. The van der Waals surface area contributed by atoms with E-state index in [1.54, 1.807) is 6.33 Å². The average Bonchev–Trinajstić information content (AvgIpc) is 3.46. The topological polar surface area (TPSA) is 66.6 Å². The van der Waals surface area contributed by atoms with E-state index < -0.39 is 0 Å². The van der Waals surface area contributed by atoms with Crippen molar-refractivity contribution in [3.05, 3.63) is 54.1 Å². The first-order chi connectivity index (χ1) is 15.3. The summed E-state index contributed by atoms with van der Waals surface area (Å²) in [6.07, 6.45) is 10.1. The Bertz CT molecular complexity index is 1090. The fraction of sp³-hybridized carbons (Fsp3) is 0.500. The molecule has 0 aromatic carbocycles. The number of hydrogen-bond donors (Lipinski definition) is 0. The lowest BCUT2D eigenvalue weighted by atomic mass is 9.97. The smallest absolute Gasteiger partial charge is 0.226 e. The van der Waals surface area contributed by atoms with Gasteiger partial charge in [0.1, 0.15) is 12.1 Å².